The van der Waals surface area contributed by atoms with Crippen molar-refractivity contribution in [3.8, 4) is 0 Å². The Kier molecular flexibility index (Phi) is 6.98. The number of piperidine rings is 1. The number of rotatable bonds is 1. The molecule has 2 nitrogen and oxygen atoms in total. The lowest BCUT2D eigenvalue weighted by atomic mass is 10.1. The zero-order valence-electron chi connectivity index (χ0n) is 7.14. The molecule has 0 atom stereocenters. The van der Waals surface area contributed by atoms with E-state index in [4.69, 9.17) is 5.11 Å². The molecule has 0 radical (unpaired) electrons. The van der Waals surface area contributed by atoms with Crippen LogP contribution in [0.15, 0.2) is 0 Å². The lowest BCUT2D eigenvalue weighted by molar-refractivity contribution is 0.240. The molecule has 10 heavy (non-hydrogen) atoms. The fourth-order valence-corrected chi connectivity index (χ4v) is 1.28. The quantitative estimate of drug-likeness (QED) is 0.597. The van der Waals surface area contributed by atoms with Crippen molar-refractivity contribution in [2.24, 2.45) is 0 Å². The second kappa shape index (κ2) is 7.03. The number of aliphatic hydroxyl groups excluding tert-OH is 1. The van der Waals surface area contributed by atoms with Crippen LogP contribution in [-0.4, -0.2) is 36.8 Å². The van der Waals surface area contributed by atoms with Gasteiger partial charge >= 0.3 is 0 Å². The Labute approximate surface area is 63.8 Å². The highest BCUT2D eigenvalue weighted by Crippen LogP contribution is 2.06. The second-order valence-electron chi connectivity index (χ2n) is 2.49. The molecule has 0 aliphatic carbocycles. The van der Waals surface area contributed by atoms with Gasteiger partial charge in [-0.1, -0.05) is 13.3 Å². The summed E-state index contributed by atoms with van der Waals surface area (Å²) >= 11 is 0. The van der Waals surface area contributed by atoms with Gasteiger partial charge in [0.2, 0.25) is 0 Å². The third kappa shape index (κ3) is 3.85. The van der Waals surface area contributed by atoms with Gasteiger partial charge in [0, 0.05) is 7.11 Å². The Morgan fingerprint density at radius 1 is 1.10 bits per heavy atom. The zero-order valence-corrected chi connectivity index (χ0v) is 7.14. The molecule has 62 valence electrons. The predicted molar refractivity (Wildman–Crippen MR) is 44.1 cm³/mol. The Morgan fingerprint density at radius 2 is 1.60 bits per heavy atom. The predicted octanol–water partition coefficient (Wildman–Crippen LogP) is 1.10. The van der Waals surface area contributed by atoms with Gasteiger partial charge in [-0.25, -0.2) is 0 Å². The minimum absolute atomic E-state index is 1.00. The summed E-state index contributed by atoms with van der Waals surface area (Å²) in [5, 5.41) is 7.00. The molecule has 1 saturated heterocycles. The number of nitrogens with zero attached hydrogens (tertiary/aromatic N) is 1. The summed E-state index contributed by atoms with van der Waals surface area (Å²) < 4.78 is 0. The van der Waals surface area contributed by atoms with Crippen LogP contribution in [-0.2, 0) is 0 Å². The van der Waals surface area contributed by atoms with Crippen LogP contribution in [0.1, 0.15) is 26.2 Å². The second-order valence-corrected chi connectivity index (χ2v) is 2.49. The number of hydrogen-bond donors (Lipinski definition) is 1. The van der Waals surface area contributed by atoms with Gasteiger partial charge in [0.05, 0.1) is 0 Å². The van der Waals surface area contributed by atoms with E-state index >= 15 is 0 Å². The smallest absolute Gasteiger partial charge is 0.0319 e. The van der Waals surface area contributed by atoms with Crippen LogP contribution >= 0.6 is 0 Å². The first-order chi connectivity index (χ1) is 4.93. The van der Waals surface area contributed by atoms with Crippen molar-refractivity contribution in [2.45, 2.75) is 26.2 Å². The van der Waals surface area contributed by atoms with Crippen LogP contribution in [0.4, 0.5) is 0 Å². The van der Waals surface area contributed by atoms with Gasteiger partial charge in [-0.15, -0.1) is 0 Å². The summed E-state index contributed by atoms with van der Waals surface area (Å²) in [5.41, 5.74) is 0. The van der Waals surface area contributed by atoms with E-state index in [0.29, 0.717) is 0 Å². The standard InChI is InChI=1S/C7H15N.CH4O/c1-2-8-6-4-3-5-7-8;1-2/h2-7H2,1H3;2H,1H3. The van der Waals surface area contributed by atoms with Crippen molar-refractivity contribution < 1.29 is 5.11 Å². The zero-order chi connectivity index (χ0) is 7.82. The topological polar surface area (TPSA) is 23.5 Å². The Balaban J connectivity index is 0.000000371. The van der Waals surface area contributed by atoms with Crippen LogP contribution in [0.25, 0.3) is 0 Å². The maximum absolute atomic E-state index is 7.00. The minimum atomic E-state index is 1.00. The van der Waals surface area contributed by atoms with Crippen LogP contribution in [0.3, 0.4) is 0 Å². The number of likely N-dealkylation sites (tertiary alicyclic amines) is 1. The molecule has 1 aliphatic heterocycles. The van der Waals surface area contributed by atoms with Gasteiger partial charge in [-0.3, -0.25) is 0 Å². The maximum atomic E-state index is 7.00. The molecule has 1 N–H and O–H groups in total. The Hall–Kier alpha value is -0.0800. The number of aliphatic hydroxyl groups is 1. The summed E-state index contributed by atoms with van der Waals surface area (Å²) in [4.78, 5) is 2.52. The molecule has 1 rings (SSSR count). The van der Waals surface area contributed by atoms with Gasteiger partial charge in [-0.2, -0.15) is 0 Å². The average molecular weight is 145 g/mol. The number of hydrogen-bond acceptors (Lipinski definition) is 2. The molecule has 0 aromatic heterocycles. The minimum Gasteiger partial charge on any atom is -0.400 e. The molecule has 1 fully saturated rings. The van der Waals surface area contributed by atoms with Gasteiger partial charge in [0.1, 0.15) is 0 Å². The molecule has 0 aromatic rings. The van der Waals surface area contributed by atoms with Crippen molar-refractivity contribution >= 4 is 0 Å². The third-order valence-electron chi connectivity index (χ3n) is 1.90. The van der Waals surface area contributed by atoms with Gasteiger partial charge in [0.15, 0.2) is 0 Å². The van der Waals surface area contributed by atoms with Crippen molar-refractivity contribution in [1.29, 1.82) is 0 Å². The van der Waals surface area contributed by atoms with E-state index in [0.717, 1.165) is 7.11 Å². The Bertz CT molecular complexity index is 60.3. The highest BCUT2D eigenvalue weighted by molar-refractivity contribution is 4.61. The van der Waals surface area contributed by atoms with Crippen LogP contribution in [0.2, 0.25) is 0 Å². The first kappa shape index (κ1) is 9.92. The molecule has 1 aliphatic rings. The highest BCUT2D eigenvalue weighted by Gasteiger charge is 2.05. The first-order valence-corrected chi connectivity index (χ1v) is 4.10. The molecule has 1 heterocycles. The molecule has 0 amide bonds. The third-order valence-corrected chi connectivity index (χ3v) is 1.90. The van der Waals surface area contributed by atoms with Crippen molar-refractivity contribution in [1.82, 2.24) is 4.90 Å². The summed E-state index contributed by atoms with van der Waals surface area (Å²) in [6.07, 6.45) is 4.30. The molecule has 0 spiro atoms. The molecule has 0 saturated carbocycles. The summed E-state index contributed by atoms with van der Waals surface area (Å²) in [7, 11) is 1.00. The summed E-state index contributed by atoms with van der Waals surface area (Å²) in [6, 6.07) is 0. The van der Waals surface area contributed by atoms with E-state index in [-0.39, 0.29) is 0 Å². The Morgan fingerprint density at radius 3 is 1.90 bits per heavy atom. The van der Waals surface area contributed by atoms with E-state index in [1.165, 1.54) is 38.9 Å². The molecule has 0 bridgehead atoms. The van der Waals surface area contributed by atoms with Crippen molar-refractivity contribution in [3.05, 3.63) is 0 Å². The first-order valence-electron chi connectivity index (χ1n) is 4.10. The SMILES string of the molecule is CCN1CCCCC1.CO. The summed E-state index contributed by atoms with van der Waals surface area (Å²) in [6.45, 7) is 6.18. The molecule has 0 aromatic carbocycles. The van der Waals surface area contributed by atoms with E-state index in [1.54, 1.807) is 0 Å². The lowest BCUT2D eigenvalue weighted by Crippen LogP contribution is -2.29. The largest absolute Gasteiger partial charge is 0.400 e. The fourth-order valence-electron chi connectivity index (χ4n) is 1.28. The van der Waals surface area contributed by atoms with Gasteiger partial charge in [0.25, 0.3) is 0 Å². The highest BCUT2D eigenvalue weighted by atomic mass is 16.2. The molecule has 2 heteroatoms. The molecular weight excluding hydrogens is 126 g/mol. The normalized spacial score (nSPS) is 19.5. The van der Waals surface area contributed by atoms with E-state index in [1.807, 2.05) is 0 Å². The van der Waals surface area contributed by atoms with E-state index in [9.17, 15) is 0 Å². The van der Waals surface area contributed by atoms with E-state index < -0.39 is 0 Å². The monoisotopic (exact) mass is 145 g/mol. The molecular formula is C8H19NO. The van der Waals surface area contributed by atoms with Crippen LogP contribution < -0.4 is 0 Å². The van der Waals surface area contributed by atoms with E-state index in [2.05, 4.69) is 11.8 Å². The average Bonchev–Trinajstić information content (AvgIpc) is 2.10. The van der Waals surface area contributed by atoms with Crippen molar-refractivity contribution in [3.63, 3.8) is 0 Å². The lowest BCUT2D eigenvalue weighted by Gasteiger charge is -2.24. The van der Waals surface area contributed by atoms with Crippen LogP contribution in [0.5, 0.6) is 0 Å². The van der Waals surface area contributed by atoms with Gasteiger partial charge < -0.3 is 10.0 Å². The summed E-state index contributed by atoms with van der Waals surface area (Å²) in [5.74, 6) is 0. The molecule has 0 unspecified atom stereocenters. The van der Waals surface area contributed by atoms with Gasteiger partial charge in [-0.05, 0) is 32.5 Å². The maximum Gasteiger partial charge on any atom is 0.0319 e. The fraction of sp³-hybridized carbons (Fsp3) is 1.00. The van der Waals surface area contributed by atoms with Crippen LogP contribution in [0, 0.1) is 0 Å². The van der Waals surface area contributed by atoms with Crippen molar-refractivity contribution in [2.75, 3.05) is 26.7 Å².